The van der Waals surface area contributed by atoms with Crippen molar-refractivity contribution in [2.75, 3.05) is 73.9 Å². The van der Waals surface area contributed by atoms with Gasteiger partial charge in [0.25, 0.3) is 0 Å². The normalized spacial score (nSPS) is 13.2. The van der Waals surface area contributed by atoms with E-state index in [0.29, 0.717) is 32.3 Å². The summed E-state index contributed by atoms with van der Waals surface area (Å²) < 4.78 is 15.7. The fourth-order valence-corrected chi connectivity index (χ4v) is 1.72. The molecule has 0 aliphatic heterocycles. The standard InChI is InChI=1S/C13H30N2O3/c1-13(11-14-2)12-15(3)5-6-17-9-10-18-8-7-16-4/h13-14H,5-12H2,1-4H3. The Kier molecular flexibility index (Phi) is 13.1. The lowest BCUT2D eigenvalue weighted by Gasteiger charge is -2.21. The van der Waals surface area contributed by atoms with Gasteiger partial charge in [-0.15, -0.1) is 0 Å². The summed E-state index contributed by atoms with van der Waals surface area (Å²) in [6, 6.07) is 0. The Morgan fingerprint density at radius 1 is 1.06 bits per heavy atom. The predicted octanol–water partition coefficient (Wildman–Crippen LogP) is 0.453. The van der Waals surface area contributed by atoms with Crippen LogP contribution in [0.15, 0.2) is 0 Å². The first-order valence-electron chi connectivity index (χ1n) is 6.68. The van der Waals surface area contributed by atoms with Gasteiger partial charge in [-0.05, 0) is 26.6 Å². The number of hydrogen-bond donors (Lipinski definition) is 1. The molecule has 0 spiro atoms. The number of methoxy groups -OCH3 is 1. The van der Waals surface area contributed by atoms with Crippen LogP contribution in [0.25, 0.3) is 0 Å². The van der Waals surface area contributed by atoms with Gasteiger partial charge in [0.2, 0.25) is 0 Å². The van der Waals surface area contributed by atoms with Crippen LogP contribution in [0.2, 0.25) is 0 Å². The summed E-state index contributed by atoms with van der Waals surface area (Å²) in [4.78, 5) is 2.30. The molecule has 0 aromatic carbocycles. The molecule has 1 N–H and O–H groups in total. The van der Waals surface area contributed by atoms with Crippen LogP contribution in [-0.2, 0) is 14.2 Å². The van der Waals surface area contributed by atoms with Gasteiger partial charge in [0, 0.05) is 20.2 Å². The molecule has 0 radical (unpaired) electrons. The third-order valence-corrected chi connectivity index (χ3v) is 2.60. The second kappa shape index (κ2) is 13.2. The van der Waals surface area contributed by atoms with Crippen molar-refractivity contribution in [3.63, 3.8) is 0 Å². The van der Waals surface area contributed by atoms with Crippen molar-refractivity contribution in [1.29, 1.82) is 0 Å². The van der Waals surface area contributed by atoms with Crippen molar-refractivity contribution in [1.82, 2.24) is 10.2 Å². The maximum absolute atomic E-state index is 5.50. The maximum Gasteiger partial charge on any atom is 0.0701 e. The Morgan fingerprint density at radius 3 is 2.28 bits per heavy atom. The predicted molar refractivity (Wildman–Crippen MR) is 74.1 cm³/mol. The number of nitrogens with one attached hydrogen (secondary N) is 1. The quantitative estimate of drug-likeness (QED) is 0.488. The van der Waals surface area contributed by atoms with Crippen LogP contribution in [0.3, 0.4) is 0 Å². The Balaban J connectivity index is 3.22. The van der Waals surface area contributed by atoms with Crippen LogP contribution in [0.1, 0.15) is 6.92 Å². The lowest BCUT2D eigenvalue weighted by Crippen LogP contribution is -2.32. The van der Waals surface area contributed by atoms with Gasteiger partial charge in [-0.3, -0.25) is 0 Å². The Morgan fingerprint density at radius 2 is 1.67 bits per heavy atom. The minimum Gasteiger partial charge on any atom is -0.382 e. The highest BCUT2D eigenvalue weighted by Gasteiger charge is 2.04. The highest BCUT2D eigenvalue weighted by atomic mass is 16.5. The Bertz CT molecular complexity index is 170. The van der Waals surface area contributed by atoms with E-state index < -0.39 is 0 Å². The van der Waals surface area contributed by atoms with Gasteiger partial charge >= 0.3 is 0 Å². The molecule has 1 unspecified atom stereocenters. The van der Waals surface area contributed by atoms with Crippen LogP contribution in [-0.4, -0.2) is 78.8 Å². The molecule has 1 atom stereocenters. The topological polar surface area (TPSA) is 43.0 Å². The number of rotatable bonds is 13. The molecular weight excluding hydrogens is 232 g/mol. The number of nitrogens with zero attached hydrogens (tertiary/aromatic N) is 1. The number of hydrogen-bond acceptors (Lipinski definition) is 5. The average molecular weight is 262 g/mol. The maximum atomic E-state index is 5.50. The smallest absolute Gasteiger partial charge is 0.0701 e. The van der Waals surface area contributed by atoms with Crippen LogP contribution >= 0.6 is 0 Å². The monoisotopic (exact) mass is 262 g/mol. The molecule has 0 saturated heterocycles. The zero-order valence-electron chi connectivity index (χ0n) is 12.4. The van der Waals surface area contributed by atoms with E-state index in [1.807, 2.05) is 7.05 Å². The van der Waals surface area contributed by atoms with Crippen molar-refractivity contribution in [2.24, 2.45) is 5.92 Å². The van der Waals surface area contributed by atoms with Crippen LogP contribution < -0.4 is 5.32 Å². The summed E-state index contributed by atoms with van der Waals surface area (Å²) in [6.45, 7) is 8.70. The van der Waals surface area contributed by atoms with Gasteiger partial charge in [-0.1, -0.05) is 6.92 Å². The minimum atomic E-state index is 0.640. The molecule has 5 heteroatoms. The zero-order valence-corrected chi connectivity index (χ0v) is 12.4. The lowest BCUT2D eigenvalue weighted by atomic mass is 10.2. The minimum absolute atomic E-state index is 0.640. The molecule has 0 aromatic rings. The summed E-state index contributed by atoms with van der Waals surface area (Å²) in [6.07, 6.45) is 0. The van der Waals surface area contributed by atoms with E-state index in [4.69, 9.17) is 14.2 Å². The van der Waals surface area contributed by atoms with Crippen LogP contribution in [0.4, 0.5) is 0 Å². The molecule has 0 saturated carbocycles. The molecule has 0 rings (SSSR count). The highest BCUT2D eigenvalue weighted by Crippen LogP contribution is 1.96. The summed E-state index contributed by atoms with van der Waals surface area (Å²) in [5, 5.41) is 3.19. The summed E-state index contributed by atoms with van der Waals surface area (Å²) in [5.41, 5.74) is 0. The third kappa shape index (κ3) is 12.3. The average Bonchev–Trinajstić information content (AvgIpc) is 2.32. The largest absolute Gasteiger partial charge is 0.382 e. The molecule has 0 fully saturated rings. The molecule has 0 aromatic heterocycles. The van der Waals surface area contributed by atoms with Crippen molar-refractivity contribution in [3.05, 3.63) is 0 Å². The molecule has 110 valence electrons. The first-order valence-corrected chi connectivity index (χ1v) is 6.68. The molecule has 0 heterocycles. The van der Waals surface area contributed by atoms with Gasteiger partial charge in [0.05, 0.1) is 33.0 Å². The van der Waals surface area contributed by atoms with Crippen molar-refractivity contribution >= 4 is 0 Å². The van der Waals surface area contributed by atoms with Gasteiger partial charge in [0.1, 0.15) is 0 Å². The Labute approximate surface area is 112 Å². The lowest BCUT2D eigenvalue weighted by molar-refractivity contribution is 0.0203. The van der Waals surface area contributed by atoms with Gasteiger partial charge in [-0.2, -0.15) is 0 Å². The zero-order chi connectivity index (χ0) is 13.6. The first-order chi connectivity index (χ1) is 8.70. The Hall–Kier alpha value is -0.200. The molecule has 5 nitrogen and oxygen atoms in total. The van der Waals surface area contributed by atoms with E-state index in [-0.39, 0.29) is 0 Å². The fourth-order valence-electron chi connectivity index (χ4n) is 1.72. The summed E-state index contributed by atoms with van der Waals surface area (Å²) in [5.74, 6) is 0.664. The van der Waals surface area contributed by atoms with Crippen molar-refractivity contribution in [3.8, 4) is 0 Å². The molecular formula is C13H30N2O3. The van der Waals surface area contributed by atoms with Gasteiger partial charge < -0.3 is 24.4 Å². The van der Waals surface area contributed by atoms with E-state index in [9.17, 15) is 0 Å². The number of likely N-dealkylation sites (N-methyl/N-ethyl adjacent to an activating group) is 1. The highest BCUT2D eigenvalue weighted by molar-refractivity contribution is 4.60. The van der Waals surface area contributed by atoms with E-state index >= 15 is 0 Å². The van der Waals surface area contributed by atoms with E-state index in [0.717, 1.165) is 26.2 Å². The first kappa shape index (κ1) is 17.8. The van der Waals surface area contributed by atoms with Gasteiger partial charge in [-0.25, -0.2) is 0 Å². The van der Waals surface area contributed by atoms with Gasteiger partial charge in [0.15, 0.2) is 0 Å². The molecule has 0 bridgehead atoms. The fraction of sp³-hybridized carbons (Fsp3) is 1.00. The van der Waals surface area contributed by atoms with E-state index in [1.165, 1.54) is 0 Å². The SMILES string of the molecule is CNCC(C)CN(C)CCOCCOCCOC. The van der Waals surface area contributed by atoms with Crippen LogP contribution in [0, 0.1) is 5.92 Å². The molecule has 0 amide bonds. The summed E-state index contributed by atoms with van der Waals surface area (Å²) in [7, 11) is 5.79. The number of ether oxygens (including phenoxy) is 3. The van der Waals surface area contributed by atoms with E-state index in [1.54, 1.807) is 7.11 Å². The third-order valence-electron chi connectivity index (χ3n) is 2.60. The second-order valence-corrected chi connectivity index (χ2v) is 4.64. The van der Waals surface area contributed by atoms with E-state index in [2.05, 4.69) is 24.2 Å². The second-order valence-electron chi connectivity index (χ2n) is 4.64. The summed E-state index contributed by atoms with van der Waals surface area (Å²) >= 11 is 0. The molecule has 0 aliphatic rings. The van der Waals surface area contributed by atoms with Crippen LogP contribution in [0.5, 0.6) is 0 Å². The molecule has 18 heavy (non-hydrogen) atoms. The van der Waals surface area contributed by atoms with Crippen molar-refractivity contribution in [2.45, 2.75) is 6.92 Å². The molecule has 0 aliphatic carbocycles. The van der Waals surface area contributed by atoms with Crippen molar-refractivity contribution < 1.29 is 14.2 Å².